The lowest BCUT2D eigenvalue weighted by Crippen LogP contribution is -2.60. The number of nitrogens with zero attached hydrogens (tertiary/aromatic N) is 2. The standard InChI is InChI=1S/C22H34N2O3S.CH2O2/c1-3-4-12-28(25,26)23-14-17-13-19(16-23)22-7-5-6-21(24(22)15-17)18-8-10-20(27-2)11-9-18;2-1-3/h8-11,17,19,21-22H,3-7,12-16H2,1-2H3;1H,(H,2,3)/t17-,19+,21+,22-;/m0./s1. The van der Waals surface area contributed by atoms with Crippen molar-refractivity contribution in [2.24, 2.45) is 11.8 Å². The summed E-state index contributed by atoms with van der Waals surface area (Å²) in [5, 5.41) is 6.89. The Labute approximate surface area is 186 Å². The van der Waals surface area contributed by atoms with Crippen LogP contribution in [-0.4, -0.2) is 67.7 Å². The highest BCUT2D eigenvalue weighted by Crippen LogP contribution is 2.45. The second-order valence-corrected chi connectivity index (χ2v) is 11.0. The third-order valence-electron chi connectivity index (χ3n) is 7.00. The summed E-state index contributed by atoms with van der Waals surface area (Å²) in [6.07, 6.45) is 6.51. The summed E-state index contributed by atoms with van der Waals surface area (Å²) in [4.78, 5) is 11.1. The zero-order chi connectivity index (χ0) is 22.4. The van der Waals surface area contributed by atoms with Gasteiger partial charge in [0.05, 0.1) is 12.9 Å². The lowest BCUT2D eigenvalue weighted by atomic mass is 9.74. The van der Waals surface area contributed by atoms with Crippen LogP contribution in [0.5, 0.6) is 5.75 Å². The van der Waals surface area contributed by atoms with Crippen molar-refractivity contribution >= 4 is 16.5 Å². The Morgan fingerprint density at radius 2 is 1.87 bits per heavy atom. The van der Waals surface area contributed by atoms with Crippen LogP contribution in [0.25, 0.3) is 0 Å². The fourth-order valence-corrected chi connectivity index (χ4v) is 7.40. The number of methoxy groups -OCH3 is 1. The summed E-state index contributed by atoms with van der Waals surface area (Å²) in [6.45, 7) is 4.26. The molecule has 1 N–H and O–H groups in total. The number of unbranched alkanes of at least 4 members (excludes halogenated alkanes) is 1. The number of benzene rings is 1. The van der Waals surface area contributed by atoms with Gasteiger partial charge in [-0.15, -0.1) is 0 Å². The van der Waals surface area contributed by atoms with Crippen LogP contribution in [0.2, 0.25) is 0 Å². The van der Waals surface area contributed by atoms with Crippen LogP contribution < -0.4 is 4.74 Å². The van der Waals surface area contributed by atoms with Gasteiger partial charge < -0.3 is 9.84 Å². The molecule has 1 aromatic rings. The quantitative estimate of drug-likeness (QED) is 0.666. The molecule has 3 heterocycles. The fourth-order valence-electron chi connectivity index (χ4n) is 5.63. The predicted octanol–water partition coefficient (Wildman–Crippen LogP) is 3.37. The monoisotopic (exact) mass is 452 g/mol. The van der Waals surface area contributed by atoms with Crippen LogP contribution in [0.3, 0.4) is 0 Å². The Kier molecular flexibility index (Phi) is 8.36. The Bertz CT molecular complexity index is 814. The molecule has 0 aliphatic carbocycles. The number of rotatable bonds is 6. The maximum atomic E-state index is 12.8. The lowest BCUT2D eigenvalue weighted by molar-refractivity contribution is -0.122. The molecule has 3 aliphatic heterocycles. The molecule has 8 heteroatoms. The minimum Gasteiger partial charge on any atom is -0.497 e. The van der Waals surface area contributed by atoms with E-state index >= 15 is 0 Å². The van der Waals surface area contributed by atoms with Gasteiger partial charge in [-0.2, -0.15) is 0 Å². The van der Waals surface area contributed by atoms with Gasteiger partial charge in [0.15, 0.2) is 0 Å². The number of hydrogen-bond donors (Lipinski definition) is 1. The molecule has 174 valence electrons. The molecule has 3 saturated heterocycles. The van der Waals surface area contributed by atoms with Crippen LogP contribution in [0.1, 0.15) is 57.1 Å². The summed E-state index contributed by atoms with van der Waals surface area (Å²) in [5.41, 5.74) is 1.37. The third-order valence-corrected chi connectivity index (χ3v) is 8.89. The number of piperidine rings is 3. The van der Waals surface area contributed by atoms with Crippen LogP contribution in [0.15, 0.2) is 24.3 Å². The van der Waals surface area contributed by atoms with E-state index in [1.807, 2.05) is 4.31 Å². The highest BCUT2D eigenvalue weighted by Gasteiger charge is 2.46. The van der Waals surface area contributed by atoms with Crippen LogP contribution in [0, 0.1) is 11.8 Å². The molecule has 0 amide bonds. The SMILES string of the molecule is CCCCS(=O)(=O)N1C[C@@H]2C[C@H](C1)[C@@H]1CCC[C@H](c3ccc(OC)cc3)N1C2.O=CO. The second kappa shape index (κ2) is 10.8. The first kappa shape index (κ1) is 24.0. The van der Waals surface area contributed by atoms with Crippen molar-refractivity contribution in [2.45, 2.75) is 57.5 Å². The number of hydrogen-bond acceptors (Lipinski definition) is 5. The number of ether oxygens (including phenoxy) is 1. The normalized spacial score (nSPS) is 28.7. The molecule has 4 atom stereocenters. The smallest absolute Gasteiger partial charge is 0.290 e. The average molecular weight is 453 g/mol. The Hall–Kier alpha value is -1.64. The number of carboxylic acid groups (broad SMARTS) is 1. The Morgan fingerprint density at radius 3 is 2.52 bits per heavy atom. The largest absolute Gasteiger partial charge is 0.497 e. The Balaban J connectivity index is 0.000000858. The molecule has 0 aromatic heterocycles. The minimum atomic E-state index is -3.10. The molecular weight excluding hydrogens is 416 g/mol. The summed E-state index contributed by atoms with van der Waals surface area (Å²) in [5.74, 6) is 2.15. The summed E-state index contributed by atoms with van der Waals surface area (Å²) in [6, 6.07) is 9.51. The maximum absolute atomic E-state index is 12.8. The Morgan fingerprint density at radius 1 is 1.16 bits per heavy atom. The zero-order valence-corrected chi connectivity index (χ0v) is 19.5. The first-order valence-corrected chi connectivity index (χ1v) is 13.0. The first-order valence-electron chi connectivity index (χ1n) is 11.4. The van der Waals surface area contributed by atoms with E-state index in [1.54, 1.807) is 7.11 Å². The van der Waals surface area contributed by atoms with E-state index < -0.39 is 10.0 Å². The molecule has 0 unspecified atom stereocenters. The van der Waals surface area contributed by atoms with Gasteiger partial charge in [-0.25, -0.2) is 12.7 Å². The molecule has 4 rings (SSSR count). The molecule has 0 radical (unpaired) electrons. The molecule has 0 spiro atoms. The van der Waals surface area contributed by atoms with Gasteiger partial charge in [0, 0.05) is 31.7 Å². The van der Waals surface area contributed by atoms with Gasteiger partial charge in [0.2, 0.25) is 10.0 Å². The third kappa shape index (κ3) is 5.59. The van der Waals surface area contributed by atoms with E-state index in [0.29, 0.717) is 36.2 Å². The molecule has 31 heavy (non-hydrogen) atoms. The van der Waals surface area contributed by atoms with Gasteiger partial charge in [-0.3, -0.25) is 9.69 Å². The van der Waals surface area contributed by atoms with Crippen LogP contribution in [0.4, 0.5) is 0 Å². The maximum Gasteiger partial charge on any atom is 0.290 e. The van der Waals surface area contributed by atoms with Gasteiger partial charge in [-0.1, -0.05) is 25.5 Å². The molecule has 7 nitrogen and oxygen atoms in total. The van der Waals surface area contributed by atoms with Gasteiger partial charge >= 0.3 is 0 Å². The summed E-state index contributed by atoms with van der Waals surface area (Å²) >= 11 is 0. The van der Waals surface area contributed by atoms with E-state index in [4.69, 9.17) is 14.6 Å². The molecule has 2 bridgehead atoms. The van der Waals surface area contributed by atoms with Crippen molar-refractivity contribution in [2.75, 3.05) is 32.5 Å². The van der Waals surface area contributed by atoms with Crippen molar-refractivity contribution in [1.29, 1.82) is 0 Å². The van der Waals surface area contributed by atoms with Crippen molar-refractivity contribution in [3.63, 3.8) is 0 Å². The molecular formula is C23H36N2O5S. The van der Waals surface area contributed by atoms with Crippen LogP contribution in [-0.2, 0) is 14.8 Å². The molecule has 3 aliphatic rings. The van der Waals surface area contributed by atoms with Gasteiger partial charge in [0.1, 0.15) is 5.75 Å². The summed E-state index contributed by atoms with van der Waals surface area (Å²) < 4.78 is 32.7. The summed E-state index contributed by atoms with van der Waals surface area (Å²) in [7, 11) is -1.39. The van der Waals surface area contributed by atoms with E-state index in [0.717, 1.165) is 31.7 Å². The number of carbonyl (C=O) groups is 1. The molecule has 3 fully saturated rings. The topological polar surface area (TPSA) is 87.2 Å². The van der Waals surface area contributed by atoms with E-state index in [2.05, 4.69) is 36.1 Å². The van der Waals surface area contributed by atoms with Crippen molar-refractivity contribution in [1.82, 2.24) is 9.21 Å². The van der Waals surface area contributed by atoms with E-state index in [-0.39, 0.29) is 6.47 Å². The van der Waals surface area contributed by atoms with Crippen molar-refractivity contribution < 1.29 is 23.1 Å². The zero-order valence-electron chi connectivity index (χ0n) is 18.7. The first-order chi connectivity index (χ1) is 14.9. The van der Waals surface area contributed by atoms with Crippen molar-refractivity contribution in [3.8, 4) is 5.75 Å². The number of fused-ring (bicyclic) bond motifs is 4. The average Bonchev–Trinajstić information content (AvgIpc) is 2.78. The van der Waals surface area contributed by atoms with Crippen LogP contribution >= 0.6 is 0 Å². The molecule has 0 saturated carbocycles. The van der Waals surface area contributed by atoms with E-state index in [9.17, 15) is 8.42 Å². The highest BCUT2D eigenvalue weighted by molar-refractivity contribution is 7.89. The second-order valence-electron chi connectivity index (χ2n) is 8.94. The fraction of sp³-hybridized carbons (Fsp3) is 0.696. The molecule has 1 aromatic carbocycles. The van der Waals surface area contributed by atoms with Crippen molar-refractivity contribution in [3.05, 3.63) is 29.8 Å². The van der Waals surface area contributed by atoms with E-state index in [1.165, 1.54) is 31.2 Å². The predicted molar refractivity (Wildman–Crippen MR) is 121 cm³/mol. The minimum absolute atomic E-state index is 0.250. The van der Waals surface area contributed by atoms with Gasteiger partial charge in [-0.05, 0) is 61.6 Å². The van der Waals surface area contributed by atoms with Gasteiger partial charge in [0.25, 0.3) is 6.47 Å². The lowest BCUT2D eigenvalue weighted by Gasteiger charge is -2.55. The number of sulfonamides is 1. The highest BCUT2D eigenvalue weighted by atomic mass is 32.2.